The normalized spacial score (nSPS) is 18.1. The highest BCUT2D eigenvalue weighted by atomic mass is 35.5. The second-order valence-electron chi connectivity index (χ2n) is 6.43. The summed E-state index contributed by atoms with van der Waals surface area (Å²) in [6.45, 7) is 4.22. The average molecular weight is 341 g/mol. The fraction of sp³-hybridized carbons (Fsp3) is 0.316. The summed E-state index contributed by atoms with van der Waals surface area (Å²) in [4.78, 5) is 12.6. The van der Waals surface area contributed by atoms with Crippen LogP contribution in [0.25, 0.3) is 10.9 Å². The van der Waals surface area contributed by atoms with E-state index in [1.54, 1.807) is 0 Å². The van der Waals surface area contributed by atoms with Gasteiger partial charge in [0.15, 0.2) is 0 Å². The molecule has 0 aliphatic carbocycles. The van der Waals surface area contributed by atoms with Crippen molar-refractivity contribution in [3.8, 4) is 0 Å². The topological polar surface area (TPSA) is 35.2 Å². The van der Waals surface area contributed by atoms with E-state index in [0.29, 0.717) is 0 Å². The quantitative estimate of drug-likeness (QED) is 0.792. The second kappa shape index (κ2) is 6.55. The highest BCUT2D eigenvalue weighted by Gasteiger charge is 2.28. The second-order valence-corrected chi connectivity index (χ2v) is 6.84. The van der Waals surface area contributed by atoms with E-state index in [-0.39, 0.29) is 6.04 Å². The third-order valence-corrected chi connectivity index (χ3v) is 5.20. The summed E-state index contributed by atoms with van der Waals surface area (Å²) >= 11 is 6.53. The fourth-order valence-corrected chi connectivity index (χ4v) is 3.87. The highest BCUT2D eigenvalue weighted by Crippen LogP contribution is 2.37. The number of hydrogen-bond donors (Lipinski definition) is 1. The van der Waals surface area contributed by atoms with E-state index in [4.69, 9.17) is 11.6 Å². The summed E-state index contributed by atoms with van der Waals surface area (Å²) in [7, 11) is 2.18. The van der Waals surface area contributed by atoms with E-state index >= 15 is 0 Å². The molecular formula is C19H21ClN4. The predicted molar refractivity (Wildman–Crippen MR) is 98.5 cm³/mol. The fourth-order valence-electron chi connectivity index (χ4n) is 3.59. The summed E-state index contributed by atoms with van der Waals surface area (Å²) in [5.74, 6) is 0. The van der Waals surface area contributed by atoms with Crippen LogP contribution in [0.2, 0.25) is 5.02 Å². The number of fused-ring (bicyclic) bond motifs is 1. The van der Waals surface area contributed by atoms with Gasteiger partial charge in [-0.15, -0.1) is 0 Å². The average Bonchev–Trinajstić information content (AvgIpc) is 3.03. The van der Waals surface area contributed by atoms with Gasteiger partial charge in [-0.25, -0.2) is 0 Å². The lowest BCUT2D eigenvalue weighted by Crippen LogP contribution is -2.46. The van der Waals surface area contributed by atoms with E-state index in [0.717, 1.165) is 42.1 Å². The maximum Gasteiger partial charge on any atom is 0.0639 e. The van der Waals surface area contributed by atoms with Gasteiger partial charge in [-0.2, -0.15) is 0 Å². The molecule has 24 heavy (non-hydrogen) atoms. The van der Waals surface area contributed by atoms with Gasteiger partial charge in [0, 0.05) is 61.2 Å². The minimum Gasteiger partial charge on any atom is -0.361 e. The van der Waals surface area contributed by atoms with E-state index in [1.807, 2.05) is 30.6 Å². The lowest BCUT2D eigenvalue weighted by Gasteiger charge is -2.38. The van der Waals surface area contributed by atoms with Crippen LogP contribution in [0.15, 0.2) is 48.9 Å². The molecule has 1 atom stereocenters. The molecule has 1 aromatic carbocycles. The zero-order chi connectivity index (χ0) is 16.5. The first-order valence-corrected chi connectivity index (χ1v) is 8.70. The lowest BCUT2D eigenvalue weighted by molar-refractivity contribution is 0.127. The van der Waals surface area contributed by atoms with Crippen molar-refractivity contribution < 1.29 is 0 Å². The summed E-state index contributed by atoms with van der Waals surface area (Å²) in [6, 6.07) is 10.4. The molecule has 0 amide bonds. The number of aromatic nitrogens is 2. The molecule has 1 aliphatic heterocycles. The van der Waals surface area contributed by atoms with Gasteiger partial charge in [-0.05, 0) is 30.8 Å². The molecule has 5 heteroatoms. The monoisotopic (exact) mass is 340 g/mol. The number of rotatable bonds is 3. The molecule has 1 N–H and O–H groups in total. The van der Waals surface area contributed by atoms with Crippen LogP contribution < -0.4 is 0 Å². The van der Waals surface area contributed by atoms with Crippen LogP contribution in [0.1, 0.15) is 17.2 Å². The number of nitrogens with one attached hydrogen (secondary N) is 1. The largest absolute Gasteiger partial charge is 0.361 e. The van der Waals surface area contributed by atoms with E-state index in [9.17, 15) is 0 Å². The van der Waals surface area contributed by atoms with Crippen molar-refractivity contribution >= 4 is 22.5 Å². The summed E-state index contributed by atoms with van der Waals surface area (Å²) in [5, 5.41) is 1.92. The third-order valence-electron chi connectivity index (χ3n) is 4.88. The number of nitrogens with zero attached hydrogens (tertiary/aromatic N) is 3. The molecule has 0 bridgehead atoms. The van der Waals surface area contributed by atoms with Gasteiger partial charge in [-0.3, -0.25) is 9.88 Å². The van der Waals surface area contributed by atoms with Crippen LogP contribution in [-0.2, 0) is 0 Å². The summed E-state index contributed by atoms with van der Waals surface area (Å²) < 4.78 is 0. The zero-order valence-corrected chi connectivity index (χ0v) is 14.5. The first kappa shape index (κ1) is 15.6. The third kappa shape index (κ3) is 2.81. The van der Waals surface area contributed by atoms with Gasteiger partial charge in [0.2, 0.25) is 0 Å². The van der Waals surface area contributed by atoms with Gasteiger partial charge in [-0.1, -0.05) is 23.7 Å². The van der Waals surface area contributed by atoms with Crippen molar-refractivity contribution in [2.75, 3.05) is 33.2 Å². The molecule has 2 aromatic heterocycles. The first-order chi connectivity index (χ1) is 11.7. The maximum absolute atomic E-state index is 6.53. The minimum absolute atomic E-state index is 0.168. The highest BCUT2D eigenvalue weighted by molar-refractivity contribution is 6.35. The molecule has 0 radical (unpaired) electrons. The van der Waals surface area contributed by atoms with Gasteiger partial charge >= 0.3 is 0 Å². The molecule has 1 saturated heterocycles. The molecular weight excluding hydrogens is 320 g/mol. The Bertz CT molecular complexity index is 822. The first-order valence-electron chi connectivity index (χ1n) is 8.32. The number of hydrogen-bond acceptors (Lipinski definition) is 3. The van der Waals surface area contributed by atoms with Gasteiger partial charge in [0.25, 0.3) is 0 Å². The van der Waals surface area contributed by atoms with Crippen LogP contribution >= 0.6 is 11.6 Å². The Labute approximate surface area is 147 Å². The van der Waals surface area contributed by atoms with Gasteiger partial charge < -0.3 is 9.88 Å². The molecule has 4 rings (SSSR count). The lowest BCUT2D eigenvalue weighted by atomic mass is 9.97. The minimum atomic E-state index is 0.168. The Hall–Kier alpha value is -1.88. The number of H-pyrrole nitrogens is 1. The van der Waals surface area contributed by atoms with Gasteiger partial charge in [0.05, 0.1) is 11.1 Å². The maximum atomic E-state index is 6.53. The van der Waals surface area contributed by atoms with Crippen LogP contribution in [0.5, 0.6) is 0 Å². The Morgan fingerprint density at radius 1 is 1.12 bits per heavy atom. The number of likely N-dealkylation sites (N-methyl/N-ethyl adjacent to an activating group) is 1. The summed E-state index contributed by atoms with van der Waals surface area (Å²) in [6.07, 6.45) is 5.90. The van der Waals surface area contributed by atoms with Crippen molar-refractivity contribution in [3.63, 3.8) is 0 Å². The smallest absolute Gasteiger partial charge is 0.0639 e. The molecule has 124 valence electrons. The number of benzene rings is 1. The molecule has 3 heterocycles. The molecule has 1 fully saturated rings. The molecule has 1 unspecified atom stereocenters. The number of halogens is 1. The van der Waals surface area contributed by atoms with Crippen LogP contribution in [0, 0.1) is 0 Å². The Morgan fingerprint density at radius 2 is 1.96 bits per heavy atom. The predicted octanol–water partition coefficient (Wildman–Crippen LogP) is 3.55. The van der Waals surface area contributed by atoms with E-state index < -0.39 is 0 Å². The van der Waals surface area contributed by atoms with Crippen molar-refractivity contribution in [3.05, 3.63) is 65.1 Å². The molecule has 4 nitrogen and oxygen atoms in total. The van der Waals surface area contributed by atoms with Gasteiger partial charge in [0.1, 0.15) is 0 Å². The van der Waals surface area contributed by atoms with Crippen LogP contribution in [-0.4, -0.2) is 53.0 Å². The van der Waals surface area contributed by atoms with E-state index in [1.165, 1.54) is 11.1 Å². The summed E-state index contributed by atoms with van der Waals surface area (Å²) in [5.41, 5.74) is 3.52. The van der Waals surface area contributed by atoms with Crippen LogP contribution in [0.3, 0.4) is 0 Å². The van der Waals surface area contributed by atoms with Crippen LogP contribution in [0.4, 0.5) is 0 Å². The number of piperazine rings is 1. The van der Waals surface area contributed by atoms with Crippen molar-refractivity contribution in [2.24, 2.45) is 0 Å². The Balaban J connectivity index is 1.83. The zero-order valence-electron chi connectivity index (χ0n) is 13.7. The molecule has 1 aliphatic rings. The number of pyridine rings is 1. The molecule has 3 aromatic rings. The number of aromatic amines is 1. The SMILES string of the molecule is CN1CCN(C(c2cccnc2)c2c[nH]c3cccc(Cl)c23)CC1. The standard InChI is InChI=1S/C19H21ClN4/c1-23-8-10-24(11-9-23)19(14-4-3-7-21-12-14)15-13-22-17-6-2-5-16(20)18(15)17/h2-7,12-13,19,22H,8-11H2,1H3. The Kier molecular flexibility index (Phi) is 4.27. The van der Waals surface area contributed by atoms with Crippen molar-refractivity contribution in [1.82, 2.24) is 19.8 Å². The molecule has 0 saturated carbocycles. The van der Waals surface area contributed by atoms with Crippen molar-refractivity contribution in [1.29, 1.82) is 0 Å². The Morgan fingerprint density at radius 3 is 2.71 bits per heavy atom. The molecule has 0 spiro atoms. The van der Waals surface area contributed by atoms with E-state index in [2.05, 4.69) is 45.1 Å². The van der Waals surface area contributed by atoms with Crippen molar-refractivity contribution in [2.45, 2.75) is 6.04 Å².